The Hall–Kier alpha value is -1.68. The van der Waals surface area contributed by atoms with Crippen LogP contribution in [-0.4, -0.2) is 13.2 Å². The zero-order valence-corrected chi connectivity index (χ0v) is 13.9. The Morgan fingerprint density at radius 3 is 2.24 bits per heavy atom. The van der Waals surface area contributed by atoms with E-state index < -0.39 is 0 Å². The number of hydrogen-bond acceptors (Lipinski definition) is 3. The molecule has 0 aliphatic rings. The molecule has 21 heavy (non-hydrogen) atoms. The number of halogens is 1. The maximum Gasteiger partial charge on any atom is 0.161 e. The summed E-state index contributed by atoms with van der Waals surface area (Å²) >= 11 is 3.43. The van der Waals surface area contributed by atoms with Crippen LogP contribution in [-0.2, 0) is 6.54 Å². The van der Waals surface area contributed by atoms with Crippen molar-refractivity contribution in [2.24, 2.45) is 0 Å². The van der Waals surface area contributed by atoms with Crippen molar-refractivity contribution in [3.05, 3.63) is 52.5 Å². The number of nitrogens with one attached hydrogen (secondary N) is 1. The maximum absolute atomic E-state index is 5.64. The van der Waals surface area contributed by atoms with Gasteiger partial charge < -0.3 is 14.8 Å². The molecular formula is C17H20BrNO2. The summed E-state index contributed by atoms with van der Waals surface area (Å²) < 4.78 is 12.3. The topological polar surface area (TPSA) is 30.5 Å². The highest BCUT2D eigenvalue weighted by molar-refractivity contribution is 9.10. The molecule has 0 amide bonds. The average molecular weight is 350 g/mol. The van der Waals surface area contributed by atoms with Crippen LogP contribution in [0.2, 0.25) is 0 Å². The molecule has 3 nitrogen and oxygen atoms in total. The second kappa shape index (κ2) is 7.93. The molecule has 0 atom stereocenters. The Labute approximate surface area is 134 Å². The SMILES string of the molecule is CCOc1ccc(CNc2ccc(Br)cc2)cc1OCC. The largest absolute Gasteiger partial charge is 0.490 e. The summed E-state index contributed by atoms with van der Waals surface area (Å²) in [5, 5.41) is 3.39. The van der Waals surface area contributed by atoms with Crippen molar-refractivity contribution >= 4 is 21.6 Å². The van der Waals surface area contributed by atoms with Crippen LogP contribution in [0, 0.1) is 0 Å². The third kappa shape index (κ3) is 4.67. The van der Waals surface area contributed by atoms with Crippen LogP contribution in [0.1, 0.15) is 19.4 Å². The van der Waals surface area contributed by atoms with Gasteiger partial charge in [0.15, 0.2) is 11.5 Å². The van der Waals surface area contributed by atoms with E-state index in [1.807, 2.05) is 50.2 Å². The maximum atomic E-state index is 5.64. The van der Waals surface area contributed by atoms with Crippen LogP contribution >= 0.6 is 15.9 Å². The second-order valence-corrected chi connectivity index (χ2v) is 5.42. The monoisotopic (exact) mass is 349 g/mol. The van der Waals surface area contributed by atoms with Crippen molar-refractivity contribution in [2.75, 3.05) is 18.5 Å². The first kappa shape index (κ1) is 15.7. The highest BCUT2D eigenvalue weighted by atomic mass is 79.9. The molecule has 0 saturated carbocycles. The normalized spacial score (nSPS) is 10.2. The van der Waals surface area contributed by atoms with E-state index in [-0.39, 0.29) is 0 Å². The molecule has 0 saturated heterocycles. The number of anilines is 1. The molecule has 2 aromatic rings. The van der Waals surface area contributed by atoms with E-state index >= 15 is 0 Å². The molecule has 0 fully saturated rings. The standard InChI is InChI=1S/C17H20BrNO2/c1-3-20-16-10-5-13(11-17(16)21-4-2)12-19-15-8-6-14(18)7-9-15/h5-11,19H,3-4,12H2,1-2H3. The van der Waals surface area contributed by atoms with Crippen molar-refractivity contribution in [1.82, 2.24) is 0 Å². The van der Waals surface area contributed by atoms with E-state index in [0.29, 0.717) is 13.2 Å². The van der Waals surface area contributed by atoms with Crippen molar-refractivity contribution in [3.8, 4) is 11.5 Å². The van der Waals surface area contributed by atoms with E-state index in [0.717, 1.165) is 33.8 Å². The van der Waals surface area contributed by atoms with Crippen LogP contribution in [0.15, 0.2) is 46.9 Å². The van der Waals surface area contributed by atoms with Gasteiger partial charge in [-0.15, -0.1) is 0 Å². The number of hydrogen-bond donors (Lipinski definition) is 1. The Morgan fingerprint density at radius 2 is 1.57 bits per heavy atom. The Bertz CT molecular complexity index is 570. The summed E-state index contributed by atoms with van der Waals surface area (Å²) in [4.78, 5) is 0. The Kier molecular flexibility index (Phi) is 5.93. The van der Waals surface area contributed by atoms with E-state index in [9.17, 15) is 0 Å². The molecule has 0 aromatic heterocycles. The lowest BCUT2D eigenvalue weighted by molar-refractivity contribution is 0.287. The lowest BCUT2D eigenvalue weighted by Crippen LogP contribution is -2.02. The van der Waals surface area contributed by atoms with Crippen LogP contribution in [0.25, 0.3) is 0 Å². The lowest BCUT2D eigenvalue weighted by Gasteiger charge is -2.13. The van der Waals surface area contributed by atoms with Gasteiger partial charge in [-0.3, -0.25) is 0 Å². The molecule has 0 spiro atoms. The van der Waals surface area contributed by atoms with Gasteiger partial charge in [0.25, 0.3) is 0 Å². The van der Waals surface area contributed by atoms with Gasteiger partial charge in [-0.05, 0) is 55.8 Å². The third-order valence-corrected chi connectivity index (χ3v) is 3.48. The van der Waals surface area contributed by atoms with Gasteiger partial charge in [0.2, 0.25) is 0 Å². The summed E-state index contributed by atoms with van der Waals surface area (Å²) in [6, 6.07) is 14.2. The van der Waals surface area contributed by atoms with Gasteiger partial charge in [0.05, 0.1) is 13.2 Å². The van der Waals surface area contributed by atoms with Crippen molar-refractivity contribution < 1.29 is 9.47 Å². The van der Waals surface area contributed by atoms with Gasteiger partial charge in [-0.25, -0.2) is 0 Å². The van der Waals surface area contributed by atoms with Gasteiger partial charge in [0, 0.05) is 16.7 Å². The van der Waals surface area contributed by atoms with Gasteiger partial charge in [0.1, 0.15) is 0 Å². The molecule has 2 rings (SSSR count). The fourth-order valence-electron chi connectivity index (χ4n) is 1.98. The zero-order chi connectivity index (χ0) is 15.1. The Morgan fingerprint density at radius 1 is 0.905 bits per heavy atom. The number of benzene rings is 2. The minimum Gasteiger partial charge on any atom is -0.490 e. The van der Waals surface area contributed by atoms with Crippen LogP contribution in [0.3, 0.4) is 0 Å². The van der Waals surface area contributed by atoms with Crippen LogP contribution in [0.5, 0.6) is 11.5 Å². The van der Waals surface area contributed by atoms with E-state index in [2.05, 4.69) is 27.3 Å². The highest BCUT2D eigenvalue weighted by Crippen LogP contribution is 2.28. The molecule has 2 aromatic carbocycles. The summed E-state index contributed by atoms with van der Waals surface area (Å²) in [5.74, 6) is 1.60. The molecule has 4 heteroatoms. The van der Waals surface area contributed by atoms with Crippen LogP contribution in [0.4, 0.5) is 5.69 Å². The average Bonchev–Trinajstić information content (AvgIpc) is 2.49. The predicted octanol–water partition coefficient (Wildman–Crippen LogP) is 4.86. The van der Waals surface area contributed by atoms with Gasteiger partial charge >= 0.3 is 0 Å². The quantitative estimate of drug-likeness (QED) is 0.774. The predicted molar refractivity (Wildman–Crippen MR) is 90.2 cm³/mol. The van der Waals surface area contributed by atoms with Crippen molar-refractivity contribution in [2.45, 2.75) is 20.4 Å². The Balaban J connectivity index is 2.05. The molecule has 0 aliphatic carbocycles. The number of ether oxygens (including phenoxy) is 2. The fourth-order valence-corrected chi connectivity index (χ4v) is 2.24. The highest BCUT2D eigenvalue weighted by Gasteiger charge is 2.06. The third-order valence-electron chi connectivity index (χ3n) is 2.95. The summed E-state index contributed by atoms with van der Waals surface area (Å²) in [7, 11) is 0. The van der Waals surface area contributed by atoms with Crippen molar-refractivity contribution in [3.63, 3.8) is 0 Å². The molecule has 0 unspecified atom stereocenters. The molecule has 0 radical (unpaired) electrons. The smallest absolute Gasteiger partial charge is 0.161 e. The first-order valence-corrected chi connectivity index (χ1v) is 7.90. The zero-order valence-electron chi connectivity index (χ0n) is 12.4. The van der Waals surface area contributed by atoms with E-state index in [1.165, 1.54) is 0 Å². The molecule has 0 heterocycles. The molecule has 0 aliphatic heterocycles. The van der Waals surface area contributed by atoms with Gasteiger partial charge in [-0.2, -0.15) is 0 Å². The first-order valence-electron chi connectivity index (χ1n) is 7.11. The molecule has 0 bridgehead atoms. The molecule has 1 N–H and O–H groups in total. The van der Waals surface area contributed by atoms with Crippen LogP contribution < -0.4 is 14.8 Å². The van der Waals surface area contributed by atoms with E-state index in [4.69, 9.17) is 9.47 Å². The first-order chi connectivity index (χ1) is 10.2. The molecular weight excluding hydrogens is 330 g/mol. The van der Waals surface area contributed by atoms with Crippen molar-refractivity contribution in [1.29, 1.82) is 0 Å². The fraction of sp³-hybridized carbons (Fsp3) is 0.294. The minimum absolute atomic E-state index is 0.629. The summed E-state index contributed by atoms with van der Waals surface area (Å²) in [6.07, 6.45) is 0. The summed E-state index contributed by atoms with van der Waals surface area (Å²) in [6.45, 7) is 5.95. The minimum atomic E-state index is 0.629. The second-order valence-electron chi connectivity index (χ2n) is 4.51. The lowest BCUT2D eigenvalue weighted by atomic mass is 10.2. The van der Waals surface area contributed by atoms with E-state index in [1.54, 1.807) is 0 Å². The summed E-state index contributed by atoms with van der Waals surface area (Å²) in [5.41, 5.74) is 2.25. The number of rotatable bonds is 7. The molecule has 112 valence electrons. The van der Waals surface area contributed by atoms with Gasteiger partial charge in [-0.1, -0.05) is 22.0 Å².